The molecule has 0 fully saturated rings. The largest absolute Gasteiger partial charge is 0.480 e. The topological polar surface area (TPSA) is 131 Å². The molecule has 0 heterocycles. The molecule has 0 bridgehead atoms. The summed E-state index contributed by atoms with van der Waals surface area (Å²) in [5, 5.41) is 29.3. The van der Waals surface area contributed by atoms with Gasteiger partial charge in [-0.25, -0.2) is 4.79 Å². The number of anilines is 1. The smallest absolute Gasteiger partial charge is 0.326 e. The number of carboxylic acids is 3. The predicted octanol–water partition coefficient (Wildman–Crippen LogP) is 1.17. The number of carbonyl (C=O) groups is 3. The molecular formula is C16H19N3O6S. The second kappa shape index (κ2) is 10.2. The van der Waals surface area contributed by atoms with Crippen LogP contribution in [0.25, 0.3) is 0 Å². The Morgan fingerprint density at radius 1 is 1.08 bits per heavy atom. The first-order valence-electron chi connectivity index (χ1n) is 7.58. The molecule has 0 aliphatic carbocycles. The van der Waals surface area contributed by atoms with Gasteiger partial charge in [0.15, 0.2) is 0 Å². The van der Waals surface area contributed by atoms with E-state index in [2.05, 4.69) is 22.4 Å². The molecule has 0 unspecified atom stereocenters. The zero-order chi connectivity index (χ0) is 19.7. The van der Waals surface area contributed by atoms with Crippen LogP contribution in [0.2, 0.25) is 0 Å². The minimum absolute atomic E-state index is 0.0655. The summed E-state index contributed by atoms with van der Waals surface area (Å²) in [5.41, 5.74) is 1.14. The first-order valence-corrected chi connectivity index (χ1v) is 7.98. The van der Waals surface area contributed by atoms with Gasteiger partial charge >= 0.3 is 17.9 Å². The molecule has 0 saturated heterocycles. The number of carboxylic acid groups (broad SMARTS) is 3. The average molecular weight is 381 g/mol. The van der Waals surface area contributed by atoms with Crippen LogP contribution in [0.1, 0.15) is 6.92 Å². The Morgan fingerprint density at radius 3 is 2.04 bits per heavy atom. The van der Waals surface area contributed by atoms with Crippen molar-refractivity contribution in [3.05, 3.63) is 24.3 Å². The summed E-state index contributed by atoms with van der Waals surface area (Å²) in [6.45, 7) is 0.776. The van der Waals surface area contributed by atoms with E-state index in [-0.39, 0.29) is 13.1 Å². The molecule has 0 aliphatic rings. The number of hydrogen-bond donors (Lipinski definition) is 3. The lowest BCUT2D eigenvalue weighted by molar-refractivity contribution is -0.142. The summed E-state index contributed by atoms with van der Waals surface area (Å²) < 4.78 is 0. The van der Waals surface area contributed by atoms with Crippen LogP contribution in [0, 0.1) is 0 Å². The van der Waals surface area contributed by atoms with Crippen molar-refractivity contribution in [2.24, 2.45) is 4.99 Å². The molecule has 140 valence electrons. The fourth-order valence-electron chi connectivity index (χ4n) is 2.30. The Balaban J connectivity index is 2.98. The van der Waals surface area contributed by atoms with Gasteiger partial charge in [0.2, 0.25) is 0 Å². The molecule has 0 spiro atoms. The number of thiocarbonyl (C=S) groups is 1. The predicted molar refractivity (Wildman–Crippen MR) is 97.3 cm³/mol. The Kier molecular flexibility index (Phi) is 8.36. The number of benzene rings is 1. The number of isothiocyanates is 1. The summed E-state index contributed by atoms with van der Waals surface area (Å²) in [5.74, 6) is -3.38. The van der Waals surface area contributed by atoms with Gasteiger partial charge in [-0.3, -0.25) is 14.5 Å². The third-order valence-corrected chi connectivity index (χ3v) is 3.65. The number of nitrogens with zero attached hydrogens (tertiary/aromatic N) is 3. The summed E-state index contributed by atoms with van der Waals surface area (Å²) in [7, 11) is 0. The molecule has 1 aromatic rings. The highest BCUT2D eigenvalue weighted by Crippen LogP contribution is 2.21. The molecular weight excluding hydrogens is 362 g/mol. The summed E-state index contributed by atoms with van der Waals surface area (Å²) in [6.07, 6.45) is 0. The van der Waals surface area contributed by atoms with Crippen molar-refractivity contribution in [3.63, 3.8) is 0 Å². The fraction of sp³-hybridized carbons (Fsp3) is 0.375. The van der Waals surface area contributed by atoms with Crippen molar-refractivity contribution in [3.8, 4) is 0 Å². The number of hydrogen-bond acceptors (Lipinski definition) is 7. The van der Waals surface area contributed by atoms with E-state index < -0.39 is 37.0 Å². The van der Waals surface area contributed by atoms with Gasteiger partial charge in [-0.2, -0.15) is 4.99 Å². The van der Waals surface area contributed by atoms with Crippen molar-refractivity contribution < 1.29 is 29.7 Å². The van der Waals surface area contributed by atoms with E-state index in [1.54, 1.807) is 29.2 Å². The monoisotopic (exact) mass is 381 g/mol. The summed E-state index contributed by atoms with van der Waals surface area (Å²) >= 11 is 4.53. The van der Waals surface area contributed by atoms with Crippen LogP contribution in [-0.2, 0) is 14.4 Å². The second-order valence-electron chi connectivity index (χ2n) is 5.43. The average Bonchev–Trinajstić information content (AvgIpc) is 2.55. The number of aliphatic imine (C=N–C) groups is 1. The van der Waals surface area contributed by atoms with E-state index >= 15 is 0 Å². The molecule has 0 saturated carbocycles. The van der Waals surface area contributed by atoms with Gasteiger partial charge in [-0.05, 0) is 43.4 Å². The first-order chi connectivity index (χ1) is 12.2. The van der Waals surface area contributed by atoms with Gasteiger partial charge in [-0.1, -0.05) is 0 Å². The maximum absolute atomic E-state index is 11.4. The van der Waals surface area contributed by atoms with Crippen LogP contribution in [-0.4, -0.2) is 75.5 Å². The van der Waals surface area contributed by atoms with Crippen molar-refractivity contribution in [2.75, 3.05) is 31.1 Å². The van der Waals surface area contributed by atoms with E-state index in [1.807, 2.05) is 0 Å². The SMILES string of the molecule is C[C@@H](C(=O)O)N(CCN(CC(=O)O)CC(=O)O)c1ccc(N=C=S)cc1. The molecule has 10 heteroatoms. The molecule has 1 aromatic carbocycles. The molecule has 0 radical (unpaired) electrons. The number of aliphatic carboxylic acids is 3. The van der Waals surface area contributed by atoms with Gasteiger partial charge in [0.1, 0.15) is 6.04 Å². The lowest BCUT2D eigenvalue weighted by Crippen LogP contribution is -2.45. The van der Waals surface area contributed by atoms with Crippen molar-refractivity contribution in [1.82, 2.24) is 4.90 Å². The summed E-state index contributed by atoms with van der Waals surface area (Å²) in [4.78, 5) is 39.7. The lowest BCUT2D eigenvalue weighted by Gasteiger charge is -2.31. The first kappa shape index (κ1) is 21.2. The highest BCUT2D eigenvalue weighted by Gasteiger charge is 2.23. The molecule has 0 amide bonds. The molecule has 1 atom stereocenters. The van der Waals surface area contributed by atoms with Crippen LogP contribution in [0.5, 0.6) is 0 Å². The standard InChI is InChI=1S/C16H19N3O6S/c1-11(16(24)25)19(13-4-2-12(3-5-13)17-10-26)7-6-18(8-14(20)21)9-15(22)23/h2-5,11H,6-9H2,1H3,(H,20,21)(H,22,23)(H,24,25)/t11-/m0/s1. The van der Waals surface area contributed by atoms with Crippen molar-refractivity contribution in [1.29, 1.82) is 0 Å². The quantitative estimate of drug-likeness (QED) is 0.382. The van der Waals surface area contributed by atoms with E-state index in [9.17, 15) is 19.5 Å². The van der Waals surface area contributed by atoms with Crippen molar-refractivity contribution >= 4 is 46.7 Å². The van der Waals surface area contributed by atoms with Gasteiger partial charge in [-0.15, -0.1) is 0 Å². The van der Waals surface area contributed by atoms with E-state index in [4.69, 9.17) is 10.2 Å². The zero-order valence-electron chi connectivity index (χ0n) is 14.0. The fourth-order valence-corrected chi connectivity index (χ4v) is 2.40. The minimum Gasteiger partial charge on any atom is -0.480 e. The Hall–Kier alpha value is -2.81. The van der Waals surface area contributed by atoms with Gasteiger partial charge in [0.05, 0.1) is 23.9 Å². The molecule has 26 heavy (non-hydrogen) atoms. The van der Waals surface area contributed by atoms with Crippen LogP contribution < -0.4 is 4.90 Å². The van der Waals surface area contributed by atoms with Crippen LogP contribution in [0.4, 0.5) is 11.4 Å². The normalized spacial score (nSPS) is 11.5. The Labute approximate surface area is 155 Å². The third kappa shape index (κ3) is 6.98. The molecule has 0 aliphatic heterocycles. The highest BCUT2D eigenvalue weighted by molar-refractivity contribution is 7.78. The maximum Gasteiger partial charge on any atom is 0.326 e. The van der Waals surface area contributed by atoms with E-state index in [0.717, 1.165) is 0 Å². The van der Waals surface area contributed by atoms with Crippen LogP contribution in [0.15, 0.2) is 29.3 Å². The molecule has 3 N–H and O–H groups in total. The van der Waals surface area contributed by atoms with Gasteiger partial charge < -0.3 is 20.2 Å². The third-order valence-electron chi connectivity index (χ3n) is 3.56. The lowest BCUT2D eigenvalue weighted by atomic mass is 10.2. The highest BCUT2D eigenvalue weighted by atomic mass is 32.1. The molecule has 9 nitrogen and oxygen atoms in total. The van der Waals surface area contributed by atoms with E-state index in [0.29, 0.717) is 11.4 Å². The second-order valence-corrected chi connectivity index (χ2v) is 5.61. The Bertz CT molecular complexity index is 686. The van der Waals surface area contributed by atoms with Gasteiger partial charge in [0, 0.05) is 18.8 Å². The van der Waals surface area contributed by atoms with E-state index in [1.165, 1.54) is 11.8 Å². The van der Waals surface area contributed by atoms with Crippen LogP contribution >= 0.6 is 12.2 Å². The zero-order valence-corrected chi connectivity index (χ0v) is 14.8. The number of rotatable bonds is 11. The minimum atomic E-state index is -1.16. The molecule has 1 rings (SSSR count). The molecule has 0 aromatic heterocycles. The van der Waals surface area contributed by atoms with Crippen molar-refractivity contribution in [2.45, 2.75) is 13.0 Å². The van der Waals surface area contributed by atoms with Crippen LogP contribution in [0.3, 0.4) is 0 Å². The maximum atomic E-state index is 11.4. The Morgan fingerprint density at radius 2 is 1.62 bits per heavy atom. The summed E-state index contributed by atoms with van der Waals surface area (Å²) in [6, 6.07) is 5.70. The van der Waals surface area contributed by atoms with Gasteiger partial charge in [0.25, 0.3) is 0 Å².